The molecule has 3 aromatic rings. The van der Waals surface area contributed by atoms with Crippen molar-refractivity contribution in [2.24, 2.45) is 0 Å². The lowest BCUT2D eigenvalue weighted by Gasteiger charge is -2.10. The molecule has 0 bridgehead atoms. The average Bonchev–Trinajstić information content (AvgIpc) is 3.15. The van der Waals surface area contributed by atoms with Gasteiger partial charge in [-0.25, -0.2) is 0 Å². The highest BCUT2D eigenvalue weighted by Gasteiger charge is 2.17. The van der Waals surface area contributed by atoms with Gasteiger partial charge in [0.05, 0.1) is 24.4 Å². The predicted octanol–water partition coefficient (Wildman–Crippen LogP) is 3.54. The number of nitrogens with zero attached hydrogens (tertiary/aromatic N) is 3. The maximum Gasteiger partial charge on any atom is 0.253 e. The first-order valence-electron chi connectivity index (χ1n) is 9.93. The van der Waals surface area contributed by atoms with Crippen molar-refractivity contribution in [3.63, 3.8) is 0 Å². The molecule has 1 amide bonds. The summed E-state index contributed by atoms with van der Waals surface area (Å²) in [7, 11) is 1.68. The number of ether oxygens (including phenoxy) is 1. The molecule has 2 aromatic heterocycles. The van der Waals surface area contributed by atoms with Crippen molar-refractivity contribution in [1.82, 2.24) is 19.7 Å². The van der Waals surface area contributed by atoms with Gasteiger partial charge in [-0.3, -0.25) is 9.48 Å². The summed E-state index contributed by atoms with van der Waals surface area (Å²) in [5.74, 6) is -0.0548. The summed E-state index contributed by atoms with van der Waals surface area (Å²) < 4.78 is 9.26. The van der Waals surface area contributed by atoms with Crippen LogP contribution < -0.4 is 5.32 Å². The molecule has 2 heterocycles. The standard InChI is InChI=1S/C23H30N4O2/c1-16-13-21(18(3)26(16)15-20-9-7-6-8-10-20)23(28)24-14-22-17(2)25-27(19(22)4)11-12-29-5/h6-10,13H,11-12,14-15H2,1-5H3,(H,24,28). The second kappa shape index (κ2) is 9.09. The van der Waals surface area contributed by atoms with E-state index in [-0.39, 0.29) is 5.91 Å². The van der Waals surface area contributed by atoms with E-state index < -0.39 is 0 Å². The Kier molecular flexibility index (Phi) is 6.54. The van der Waals surface area contributed by atoms with E-state index >= 15 is 0 Å². The SMILES string of the molecule is COCCn1nc(C)c(CNC(=O)c2cc(C)n(Cc3ccccc3)c2C)c1C. The van der Waals surface area contributed by atoms with Gasteiger partial charge in [0, 0.05) is 42.8 Å². The zero-order valence-corrected chi connectivity index (χ0v) is 18.0. The van der Waals surface area contributed by atoms with Crippen molar-refractivity contribution in [2.45, 2.75) is 47.3 Å². The number of carbonyl (C=O) groups is 1. The molecule has 29 heavy (non-hydrogen) atoms. The van der Waals surface area contributed by atoms with Crippen LogP contribution in [0.15, 0.2) is 36.4 Å². The second-order valence-electron chi connectivity index (χ2n) is 7.40. The molecule has 154 valence electrons. The number of hydrogen-bond donors (Lipinski definition) is 1. The first-order valence-corrected chi connectivity index (χ1v) is 9.93. The molecule has 6 nitrogen and oxygen atoms in total. The lowest BCUT2D eigenvalue weighted by atomic mass is 10.2. The van der Waals surface area contributed by atoms with Crippen molar-refractivity contribution < 1.29 is 9.53 Å². The Morgan fingerprint density at radius 2 is 1.83 bits per heavy atom. The van der Waals surface area contributed by atoms with E-state index in [4.69, 9.17) is 4.74 Å². The van der Waals surface area contributed by atoms with Crippen LogP contribution in [-0.4, -0.2) is 34.0 Å². The predicted molar refractivity (Wildman–Crippen MR) is 114 cm³/mol. The molecule has 0 aliphatic rings. The Labute approximate surface area is 172 Å². The third-order valence-corrected chi connectivity index (χ3v) is 5.47. The minimum atomic E-state index is -0.0548. The van der Waals surface area contributed by atoms with Crippen LogP contribution in [0.5, 0.6) is 0 Å². The molecular weight excluding hydrogens is 364 g/mol. The summed E-state index contributed by atoms with van der Waals surface area (Å²) in [6.07, 6.45) is 0. The van der Waals surface area contributed by atoms with E-state index in [0.717, 1.165) is 40.4 Å². The summed E-state index contributed by atoms with van der Waals surface area (Å²) in [5.41, 5.74) is 7.07. The fourth-order valence-corrected chi connectivity index (χ4v) is 3.69. The maximum absolute atomic E-state index is 12.9. The third kappa shape index (κ3) is 4.59. The van der Waals surface area contributed by atoms with Gasteiger partial charge < -0.3 is 14.6 Å². The van der Waals surface area contributed by atoms with Crippen molar-refractivity contribution >= 4 is 5.91 Å². The summed E-state index contributed by atoms with van der Waals surface area (Å²) >= 11 is 0. The monoisotopic (exact) mass is 394 g/mol. The van der Waals surface area contributed by atoms with Crippen LogP contribution in [0.4, 0.5) is 0 Å². The van der Waals surface area contributed by atoms with Gasteiger partial charge in [-0.15, -0.1) is 0 Å². The minimum Gasteiger partial charge on any atom is -0.383 e. The first-order chi connectivity index (χ1) is 13.9. The summed E-state index contributed by atoms with van der Waals surface area (Å²) in [5, 5.41) is 7.64. The fourth-order valence-electron chi connectivity index (χ4n) is 3.69. The molecular formula is C23H30N4O2. The Morgan fingerprint density at radius 1 is 1.10 bits per heavy atom. The fraction of sp³-hybridized carbons (Fsp3) is 0.391. The normalized spacial score (nSPS) is 11.1. The van der Waals surface area contributed by atoms with Gasteiger partial charge in [0.1, 0.15) is 0 Å². The molecule has 6 heteroatoms. The summed E-state index contributed by atoms with van der Waals surface area (Å²) in [6, 6.07) is 12.3. The quantitative estimate of drug-likeness (QED) is 0.636. The lowest BCUT2D eigenvalue weighted by Crippen LogP contribution is -2.24. The Morgan fingerprint density at radius 3 is 2.52 bits per heavy atom. The van der Waals surface area contributed by atoms with Crippen molar-refractivity contribution in [2.75, 3.05) is 13.7 Å². The van der Waals surface area contributed by atoms with E-state index in [2.05, 4.69) is 27.1 Å². The van der Waals surface area contributed by atoms with Crippen LogP contribution in [-0.2, 0) is 24.4 Å². The second-order valence-corrected chi connectivity index (χ2v) is 7.40. The van der Waals surface area contributed by atoms with E-state index in [1.54, 1.807) is 7.11 Å². The van der Waals surface area contributed by atoms with E-state index in [1.165, 1.54) is 5.56 Å². The van der Waals surface area contributed by atoms with E-state index in [9.17, 15) is 4.79 Å². The first kappa shape index (κ1) is 20.9. The van der Waals surface area contributed by atoms with Crippen LogP contribution in [0, 0.1) is 27.7 Å². The molecule has 0 aliphatic carbocycles. The molecule has 0 aliphatic heterocycles. The van der Waals surface area contributed by atoms with Crippen LogP contribution in [0.3, 0.4) is 0 Å². The van der Waals surface area contributed by atoms with Crippen molar-refractivity contribution in [3.05, 3.63) is 75.9 Å². The molecule has 0 atom stereocenters. The zero-order valence-electron chi connectivity index (χ0n) is 18.0. The number of aryl methyl sites for hydroxylation is 2. The van der Waals surface area contributed by atoms with Gasteiger partial charge in [0.25, 0.3) is 5.91 Å². The molecule has 0 spiro atoms. The van der Waals surface area contributed by atoms with Gasteiger partial charge in [-0.05, 0) is 39.3 Å². The number of carbonyl (C=O) groups excluding carboxylic acids is 1. The molecule has 0 fully saturated rings. The summed E-state index contributed by atoms with van der Waals surface area (Å²) in [4.78, 5) is 12.9. The van der Waals surface area contributed by atoms with Crippen LogP contribution in [0.1, 0.15) is 44.3 Å². The molecule has 3 rings (SSSR count). The zero-order chi connectivity index (χ0) is 21.0. The van der Waals surface area contributed by atoms with Crippen molar-refractivity contribution in [1.29, 1.82) is 0 Å². The third-order valence-electron chi connectivity index (χ3n) is 5.47. The van der Waals surface area contributed by atoms with Crippen LogP contribution in [0.25, 0.3) is 0 Å². The van der Waals surface area contributed by atoms with Gasteiger partial charge in [0.2, 0.25) is 0 Å². The van der Waals surface area contributed by atoms with Crippen LogP contribution in [0.2, 0.25) is 0 Å². The number of benzene rings is 1. The van der Waals surface area contributed by atoms with E-state index in [1.807, 2.05) is 56.6 Å². The van der Waals surface area contributed by atoms with Gasteiger partial charge >= 0.3 is 0 Å². The van der Waals surface area contributed by atoms with Gasteiger partial charge in [0.15, 0.2) is 0 Å². The van der Waals surface area contributed by atoms with Crippen LogP contribution >= 0.6 is 0 Å². The number of methoxy groups -OCH3 is 1. The van der Waals surface area contributed by atoms with Gasteiger partial charge in [-0.2, -0.15) is 5.10 Å². The molecule has 0 saturated carbocycles. The summed E-state index contributed by atoms with van der Waals surface area (Å²) in [6.45, 7) is 10.6. The Balaban J connectivity index is 1.72. The molecule has 0 unspecified atom stereocenters. The van der Waals surface area contributed by atoms with E-state index in [0.29, 0.717) is 19.7 Å². The molecule has 1 N–H and O–H groups in total. The number of nitrogens with one attached hydrogen (secondary N) is 1. The average molecular weight is 395 g/mol. The lowest BCUT2D eigenvalue weighted by molar-refractivity contribution is 0.0950. The minimum absolute atomic E-state index is 0.0548. The number of amides is 1. The number of hydrogen-bond acceptors (Lipinski definition) is 3. The van der Waals surface area contributed by atoms with Gasteiger partial charge in [-0.1, -0.05) is 30.3 Å². The highest BCUT2D eigenvalue weighted by atomic mass is 16.5. The highest BCUT2D eigenvalue weighted by Crippen LogP contribution is 2.18. The van der Waals surface area contributed by atoms with Crippen molar-refractivity contribution in [3.8, 4) is 0 Å². The Bertz CT molecular complexity index is 986. The maximum atomic E-state index is 12.9. The molecule has 0 radical (unpaired) electrons. The molecule has 1 aromatic carbocycles. The highest BCUT2D eigenvalue weighted by molar-refractivity contribution is 5.95. The molecule has 0 saturated heterocycles. The number of aromatic nitrogens is 3. The largest absolute Gasteiger partial charge is 0.383 e. The number of rotatable bonds is 8. The Hall–Kier alpha value is -2.86. The topological polar surface area (TPSA) is 61.1 Å². The smallest absolute Gasteiger partial charge is 0.253 e.